The van der Waals surface area contributed by atoms with Gasteiger partial charge in [0.15, 0.2) is 5.96 Å². The van der Waals surface area contributed by atoms with Gasteiger partial charge in [-0.1, -0.05) is 19.1 Å². The summed E-state index contributed by atoms with van der Waals surface area (Å²) in [5.41, 5.74) is 1.18. The summed E-state index contributed by atoms with van der Waals surface area (Å²) >= 11 is 0. The Labute approximate surface area is 168 Å². The minimum atomic E-state index is 0.702. The number of rotatable bonds is 11. The largest absolute Gasteiger partial charge is 0.494 e. The van der Waals surface area contributed by atoms with E-state index in [1.807, 2.05) is 12.1 Å². The van der Waals surface area contributed by atoms with Gasteiger partial charge in [-0.3, -0.25) is 4.99 Å². The molecule has 0 radical (unpaired) electrons. The molecule has 1 heterocycles. The highest BCUT2D eigenvalue weighted by Gasteiger charge is 2.03. The SMILES string of the molecule is CCc1nncn1CCNC(=NC)NCc1ccc(OCCCN(C)C)cc1. The summed E-state index contributed by atoms with van der Waals surface area (Å²) in [4.78, 5) is 6.43. The van der Waals surface area contributed by atoms with Crippen LogP contribution >= 0.6 is 0 Å². The molecule has 28 heavy (non-hydrogen) atoms. The van der Waals surface area contributed by atoms with Crippen molar-refractivity contribution in [1.82, 2.24) is 30.3 Å². The maximum atomic E-state index is 5.77. The van der Waals surface area contributed by atoms with Crippen LogP contribution in [0.4, 0.5) is 0 Å². The lowest BCUT2D eigenvalue weighted by atomic mass is 10.2. The second-order valence-corrected chi connectivity index (χ2v) is 6.80. The molecule has 2 rings (SSSR count). The van der Waals surface area contributed by atoms with Gasteiger partial charge in [-0.15, -0.1) is 10.2 Å². The molecule has 0 amide bonds. The lowest BCUT2D eigenvalue weighted by Crippen LogP contribution is -2.38. The number of nitrogens with zero attached hydrogens (tertiary/aromatic N) is 5. The molecule has 0 atom stereocenters. The molecule has 1 aromatic carbocycles. The monoisotopic (exact) mass is 387 g/mol. The molecule has 0 saturated heterocycles. The first-order valence-electron chi connectivity index (χ1n) is 9.80. The predicted molar refractivity (Wildman–Crippen MR) is 113 cm³/mol. The first kappa shape index (κ1) is 21.7. The summed E-state index contributed by atoms with van der Waals surface area (Å²) in [6, 6.07) is 8.18. The summed E-state index contributed by atoms with van der Waals surface area (Å²) < 4.78 is 7.82. The van der Waals surface area contributed by atoms with Crippen LogP contribution in [0.1, 0.15) is 24.7 Å². The van der Waals surface area contributed by atoms with Crippen LogP contribution in [0, 0.1) is 0 Å². The van der Waals surface area contributed by atoms with E-state index in [1.54, 1.807) is 13.4 Å². The summed E-state index contributed by atoms with van der Waals surface area (Å²) in [6.07, 6.45) is 3.66. The van der Waals surface area contributed by atoms with E-state index in [2.05, 4.69) is 68.4 Å². The number of aliphatic imine (C=N–C) groups is 1. The Hall–Kier alpha value is -2.61. The van der Waals surface area contributed by atoms with Gasteiger partial charge in [-0.2, -0.15) is 0 Å². The van der Waals surface area contributed by atoms with E-state index in [0.29, 0.717) is 6.54 Å². The Bertz CT molecular complexity index is 710. The van der Waals surface area contributed by atoms with E-state index in [9.17, 15) is 0 Å². The Balaban J connectivity index is 1.69. The van der Waals surface area contributed by atoms with Crippen LogP contribution in [-0.2, 0) is 19.5 Å². The van der Waals surface area contributed by atoms with Crippen LogP contribution in [-0.4, -0.2) is 66.5 Å². The maximum Gasteiger partial charge on any atom is 0.191 e. The number of aromatic nitrogens is 3. The van der Waals surface area contributed by atoms with Crippen LogP contribution < -0.4 is 15.4 Å². The molecule has 0 aliphatic carbocycles. The Morgan fingerprint density at radius 1 is 1.21 bits per heavy atom. The Kier molecular flexibility index (Phi) is 9.27. The molecular formula is C20H33N7O. The molecule has 2 aromatic rings. The molecule has 0 unspecified atom stereocenters. The third-order valence-electron chi connectivity index (χ3n) is 4.28. The van der Waals surface area contributed by atoms with Crippen molar-refractivity contribution in [3.63, 3.8) is 0 Å². The van der Waals surface area contributed by atoms with Gasteiger partial charge >= 0.3 is 0 Å². The summed E-state index contributed by atoms with van der Waals surface area (Å²) in [6.45, 7) is 6.10. The standard InChI is InChI=1S/C20H33N7O/c1-5-19-25-24-16-27(19)13-11-22-20(21-2)23-15-17-7-9-18(10-8-17)28-14-6-12-26(3)4/h7-10,16H,5-6,11-15H2,1-4H3,(H2,21,22,23). The third-order valence-corrected chi connectivity index (χ3v) is 4.28. The van der Waals surface area contributed by atoms with Crippen LogP contribution in [0.5, 0.6) is 5.75 Å². The van der Waals surface area contributed by atoms with E-state index in [0.717, 1.165) is 56.6 Å². The summed E-state index contributed by atoms with van der Waals surface area (Å²) in [5, 5.41) is 14.7. The highest BCUT2D eigenvalue weighted by atomic mass is 16.5. The maximum absolute atomic E-state index is 5.77. The zero-order valence-corrected chi connectivity index (χ0v) is 17.5. The summed E-state index contributed by atoms with van der Waals surface area (Å²) in [5.74, 6) is 2.68. The number of guanidine groups is 1. The van der Waals surface area contributed by atoms with Crippen LogP contribution in [0.25, 0.3) is 0 Å². The van der Waals surface area contributed by atoms with E-state index in [1.165, 1.54) is 5.56 Å². The van der Waals surface area contributed by atoms with E-state index in [-0.39, 0.29) is 0 Å². The van der Waals surface area contributed by atoms with Crippen molar-refractivity contribution in [2.24, 2.45) is 4.99 Å². The lowest BCUT2D eigenvalue weighted by molar-refractivity contribution is 0.281. The zero-order valence-electron chi connectivity index (χ0n) is 17.5. The van der Waals surface area contributed by atoms with Crippen molar-refractivity contribution in [1.29, 1.82) is 0 Å². The van der Waals surface area contributed by atoms with Gasteiger partial charge in [0.05, 0.1) is 6.61 Å². The van der Waals surface area contributed by atoms with Gasteiger partial charge in [0.1, 0.15) is 17.9 Å². The van der Waals surface area contributed by atoms with Crippen molar-refractivity contribution >= 4 is 5.96 Å². The number of nitrogens with one attached hydrogen (secondary N) is 2. The van der Waals surface area contributed by atoms with E-state index in [4.69, 9.17) is 4.74 Å². The zero-order chi connectivity index (χ0) is 20.2. The predicted octanol–water partition coefficient (Wildman–Crippen LogP) is 1.54. The molecular weight excluding hydrogens is 354 g/mol. The van der Waals surface area contributed by atoms with Gasteiger partial charge < -0.3 is 24.8 Å². The van der Waals surface area contributed by atoms with Crippen LogP contribution in [0.2, 0.25) is 0 Å². The average molecular weight is 388 g/mol. The molecule has 0 fully saturated rings. The van der Waals surface area contributed by atoms with Crippen molar-refractivity contribution in [3.05, 3.63) is 42.0 Å². The van der Waals surface area contributed by atoms with Crippen molar-refractivity contribution in [3.8, 4) is 5.75 Å². The molecule has 0 aliphatic rings. The van der Waals surface area contributed by atoms with Gasteiger partial charge in [-0.25, -0.2) is 0 Å². The minimum Gasteiger partial charge on any atom is -0.494 e. The highest BCUT2D eigenvalue weighted by Crippen LogP contribution is 2.12. The van der Waals surface area contributed by atoms with Crippen molar-refractivity contribution in [2.45, 2.75) is 32.9 Å². The minimum absolute atomic E-state index is 0.702. The molecule has 8 nitrogen and oxygen atoms in total. The number of hydrogen-bond acceptors (Lipinski definition) is 5. The molecule has 2 N–H and O–H groups in total. The molecule has 0 aliphatic heterocycles. The normalized spacial score (nSPS) is 11.7. The number of benzene rings is 1. The molecule has 8 heteroatoms. The quantitative estimate of drug-likeness (QED) is 0.346. The number of aryl methyl sites for hydroxylation is 1. The topological polar surface area (TPSA) is 79.6 Å². The Morgan fingerprint density at radius 3 is 2.68 bits per heavy atom. The molecule has 0 spiro atoms. The first-order valence-corrected chi connectivity index (χ1v) is 9.80. The average Bonchev–Trinajstić information content (AvgIpc) is 3.16. The van der Waals surface area contributed by atoms with E-state index >= 15 is 0 Å². The number of ether oxygens (including phenoxy) is 1. The molecule has 154 valence electrons. The molecule has 1 aromatic heterocycles. The van der Waals surface area contributed by atoms with Crippen molar-refractivity contribution < 1.29 is 4.74 Å². The number of hydrogen-bond donors (Lipinski definition) is 2. The van der Waals surface area contributed by atoms with Gasteiger partial charge in [-0.05, 0) is 38.2 Å². The van der Waals surface area contributed by atoms with Gasteiger partial charge in [0.2, 0.25) is 0 Å². The van der Waals surface area contributed by atoms with Gasteiger partial charge in [0.25, 0.3) is 0 Å². The fraction of sp³-hybridized carbons (Fsp3) is 0.550. The third kappa shape index (κ3) is 7.56. The Morgan fingerprint density at radius 2 is 2.00 bits per heavy atom. The van der Waals surface area contributed by atoms with Crippen molar-refractivity contribution in [2.75, 3.05) is 40.8 Å². The van der Waals surface area contributed by atoms with E-state index < -0.39 is 0 Å². The fourth-order valence-corrected chi connectivity index (χ4v) is 2.71. The molecule has 0 bridgehead atoms. The first-order chi connectivity index (χ1) is 13.6. The van der Waals surface area contributed by atoms with Crippen LogP contribution in [0.3, 0.4) is 0 Å². The second kappa shape index (κ2) is 12.0. The fourth-order valence-electron chi connectivity index (χ4n) is 2.71. The highest BCUT2D eigenvalue weighted by molar-refractivity contribution is 5.79. The summed E-state index contributed by atoms with van der Waals surface area (Å²) in [7, 11) is 5.92. The van der Waals surface area contributed by atoms with Crippen LogP contribution in [0.15, 0.2) is 35.6 Å². The van der Waals surface area contributed by atoms with Gasteiger partial charge in [0, 0.05) is 39.6 Å². The molecule has 0 saturated carbocycles. The lowest BCUT2D eigenvalue weighted by Gasteiger charge is -2.13. The second-order valence-electron chi connectivity index (χ2n) is 6.80. The smallest absolute Gasteiger partial charge is 0.191 e.